The molecule has 0 unspecified atom stereocenters. The van der Waals surface area contributed by atoms with E-state index in [4.69, 9.17) is 0 Å². The zero-order valence-electron chi connectivity index (χ0n) is 13.7. The van der Waals surface area contributed by atoms with Crippen molar-refractivity contribution in [2.45, 2.75) is 30.1 Å². The van der Waals surface area contributed by atoms with E-state index in [9.17, 15) is 13.2 Å². The minimum atomic E-state index is -3.33. The molecule has 24 heavy (non-hydrogen) atoms. The molecule has 128 valence electrons. The lowest BCUT2D eigenvalue weighted by molar-refractivity contribution is 0.0671. The molecule has 1 saturated heterocycles. The maximum atomic E-state index is 12.5. The fraction of sp³-hybridized carbons (Fsp3) is 0.438. The third kappa shape index (κ3) is 3.06. The van der Waals surface area contributed by atoms with Crippen molar-refractivity contribution in [3.8, 4) is 0 Å². The molecular formula is C16H20N4O3S. The fourth-order valence-corrected chi connectivity index (χ4v) is 4.02. The van der Waals surface area contributed by atoms with Gasteiger partial charge >= 0.3 is 0 Å². The lowest BCUT2D eigenvalue weighted by atomic mass is 9.77. The van der Waals surface area contributed by atoms with Gasteiger partial charge in [0.2, 0.25) is 0 Å². The number of amides is 1. The number of H-pyrrole nitrogens is 1. The van der Waals surface area contributed by atoms with E-state index < -0.39 is 9.84 Å². The van der Waals surface area contributed by atoms with Crippen LogP contribution in [0.3, 0.4) is 0 Å². The number of aromatic nitrogens is 3. The van der Waals surface area contributed by atoms with E-state index in [0.717, 1.165) is 0 Å². The highest BCUT2D eigenvalue weighted by atomic mass is 32.2. The Kier molecular flexibility index (Phi) is 4.16. The maximum Gasteiger partial charge on any atom is 0.255 e. The lowest BCUT2D eigenvalue weighted by Gasteiger charge is -2.39. The van der Waals surface area contributed by atoms with Gasteiger partial charge in [0.1, 0.15) is 4.90 Å². The van der Waals surface area contributed by atoms with Gasteiger partial charge in [-0.3, -0.25) is 14.9 Å². The summed E-state index contributed by atoms with van der Waals surface area (Å²) in [6, 6.07) is 3.49. The number of nitrogens with one attached hydrogen (secondary N) is 1. The average molecular weight is 348 g/mol. The van der Waals surface area contributed by atoms with Gasteiger partial charge in [-0.2, -0.15) is 5.10 Å². The third-order valence-corrected chi connectivity index (χ3v) is 5.78. The summed E-state index contributed by atoms with van der Waals surface area (Å²) in [6.45, 7) is 3.14. The highest BCUT2D eigenvalue weighted by Gasteiger charge is 2.38. The van der Waals surface area contributed by atoms with Gasteiger partial charge in [-0.25, -0.2) is 8.42 Å². The van der Waals surface area contributed by atoms with Gasteiger partial charge in [-0.15, -0.1) is 0 Å². The largest absolute Gasteiger partial charge is 0.339 e. The summed E-state index contributed by atoms with van der Waals surface area (Å²) in [5.41, 5.74) is 0.860. The molecular weight excluding hydrogens is 328 g/mol. The van der Waals surface area contributed by atoms with Crippen molar-refractivity contribution in [3.63, 3.8) is 0 Å². The molecule has 7 nitrogen and oxygen atoms in total. The molecule has 1 aliphatic rings. The zero-order valence-corrected chi connectivity index (χ0v) is 14.5. The Labute approximate surface area is 141 Å². The molecule has 1 N–H and O–H groups in total. The molecule has 0 saturated carbocycles. The predicted octanol–water partition coefficient (Wildman–Crippen LogP) is 1.40. The Bertz CT molecular complexity index is 837. The van der Waals surface area contributed by atoms with Crippen LogP contribution >= 0.6 is 0 Å². The quantitative estimate of drug-likeness (QED) is 0.904. The predicted molar refractivity (Wildman–Crippen MR) is 88.4 cm³/mol. The summed E-state index contributed by atoms with van der Waals surface area (Å²) in [5.74, 6) is -0.0434. The van der Waals surface area contributed by atoms with Crippen LogP contribution in [0.15, 0.2) is 35.6 Å². The molecule has 0 bridgehead atoms. The van der Waals surface area contributed by atoms with Crippen molar-refractivity contribution in [1.82, 2.24) is 20.1 Å². The first kappa shape index (κ1) is 16.6. The number of rotatable bonds is 3. The second-order valence-electron chi connectivity index (χ2n) is 6.48. The van der Waals surface area contributed by atoms with Crippen molar-refractivity contribution < 1.29 is 13.2 Å². The van der Waals surface area contributed by atoms with E-state index in [-0.39, 0.29) is 16.2 Å². The van der Waals surface area contributed by atoms with Crippen LogP contribution < -0.4 is 0 Å². The van der Waals surface area contributed by atoms with E-state index in [1.807, 2.05) is 6.92 Å². The van der Waals surface area contributed by atoms with Crippen molar-refractivity contribution >= 4 is 15.7 Å². The Balaban J connectivity index is 1.77. The number of likely N-dealkylation sites (tertiary alicyclic amines) is 1. The molecule has 2 aromatic heterocycles. The van der Waals surface area contributed by atoms with Gasteiger partial charge in [0.15, 0.2) is 9.84 Å². The van der Waals surface area contributed by atoms with Crippen LogP contribution in [0.5, 0.6) is 0 Å². The van der Waals surface area contributed by atoms with E-state index >= 15 is 0 Å². The first-order valence-electron chi connectivity index (χ1n) is 7.74. The summed E-state index contributed by atoms with van der Waals surface area (Å²) >= 11 is 0. The van der Waals surface area contributed by atoms with Crippen LogP contribution in [0.4, 0.5) is 0 Å². The minimum absolute atomic E-state index is 0.0434. The Morgan fingerprint density at radius 1 is 1.29 bits per heavy atom. The molecule has 8 heteroatoms. The molecule has 2 aromatic rings. The standard InChI is InChI=1S/C16H20N4O3S/c1-16(14-13(11-18-19-14)24(2,22)23)5-8-20(9-6-16)15(21)12-4-3-7-17-10-12/h3-4,7,10-11H,5-6,8-9H2,1-2H3,(H,18,19). The molecule has 0 atom stereocenters. The van der Waals surface area contributed by atoms with Crippen LogP contribution in [0.1, 0.15) is 35.8 Å². The van der Waals surface area contributed by atoms with Crippen LogP contribution in [-0.4, -0.2) is 53.8 Å². The molecule has 0 spiro atoms. The Morgan fingerprint density at radius 2 is 2.00 bits per heavy atom. The van der Waals surface area contributed by atoms with E-state index in [1.54, 1.807) is 29.4 Å². The molecule has 3 heterocycles. The summed E-state index contributed by atoms with van der Waals surface area (Å²) in [4.78, 5) is 18.5. The van der Waals surface area contributed by atoms with Gasteiger partial charge in [0.05, 0.1) is 17.5 Å². The van der Waals surface area contributed by atoms with Crippen molar-refractivity contribution in [2.24, 2.45) is 0 Å². The highest BCUT2D eigenvalue weighted by Crippen LogP contribution is 2.37. The molecule has 1 fully saturated rings. The number of hydrogen-bond acceptors (Lipinski definition) is 5. The number of carbonyl (C=O) groups is 1. The van der Waals surface area contributed by atoms with Crippen molar-refractivity contribution in [3.05, 3.63) is 42.0 Å². The smallest absolute Gasteiger partial charge is 0.255 e. The number of carbonyl (C=O) groups excluding carboxylic acids is 1. The lowest BCUT2D eigenvalue weighted by Crippen LogP contribution is -2.44. The number of piperidine rings is 1. The van der Waals surface area contributed by atoms with E-state index in [0.29, 0.717) is 37.2 Å². The van der Waals surface area contributed by atoms with Crippen LogP contribution in [0.25, 0.3) is 0 Å². The molecule has 0 radical (unpaired) electrons. The highest BCUT2D eigenvalue weighted by molar-refractivity contribution is 7.90. The Hall–Kier alpha value is -2.22. The maximum absolute atomic E-state index is 12.5. The summed E-state index contributed by atoms with van der Waals surface area (Å²) in [6.07, 6.45) is 7.09. The summed E-state index contributed by atoms with van der Waals surface area (Å²) < 4.78 is 23.9. The van der Waals surface area contributed by atoms with Crippen LogP contribution in [-0.2, 0) is 15.3 Å². The first-order chi connectivity index (χ1) is 11.3. The van der Waals surface area contributed by atoms with Crippen LogP contribution in [0.2, 0.25) is 0 Å². The summed E-state index contributed by atoms with van der Waals surface area (Å²) in [7, 11) is -3.33. The van der Waals surface area contributed by atoms with E-state index in [1.165, 1.54) is 12.5 Å². The third-order valence-electron chi connectivity index (χ3n) is 4.67. The van der Waals surface area contributed by atoms with Gasteiger partial charge in [0, 0.05) is 37.2 Å². The minimum Gasteiger partial charge on any atom is -0.339 e. The van der Waals surface area contributed by atoms with Gasteiger partial charge in [0.25, 0.3) is 5.91 Å². The molecule has 0 aliphatic carbocycles. The second kappa shape index (κ2) is 6.01. The van der Waals surface area contributed by atoms with Gasteiger partial charge < -0.3 is 4.90 Å². The Morgan fingerprint density at radius 3 is 2.58 bits per heavy atom. The van der Waals surface area contributed by atoms with Gasteiger partial charge in [-0.1, -0.05) is 6.92 Å². The summed E-state index contributed by atoms with van der Waals surface area (Å²) in [5, 5.41) is 6.77. The second-order valence-corrected chi connectivity index (χ2v) is 8.46. The normalized spacial score (nSPS) is 17.7. The van der Waals surface area contributed by atoms with Crippen molar-refractivity contribution in [2.75, 3.05) is 19.3 Å². The van der Waals surface area contributed by atoms with Gasteiger partial charge in [-0.05, 0) is 25.0 Å². The number of hydrogen-bond donors (Lipinski definition) is 1. The van der Waals surface area contributed by atoms with Crippen LogP contribution in [0, 0.1) is 0 Å². The van der Waals surface area contributed by atoms with Crippen molar-refractivity contribution in [1.29, 1.82) is 0 Å². The molecule has 1 aliphatic heterocycles. The molecule has 1 amide bonds. The molecule has 3 rings (SSSR count). The average Bonchev–Trinajstić information content (AvgIpc) is 3.07. The number of aromatic amines is 1. The fourth-order valence-electron chi connectivity index (χ4n) is 3.11. The topological polar surface area (TPSA) is 96.0 Å². The molecule has 0 aromatic carbocycles. The number of nitrogens with zero attached hydrogens (tertiary/aromatic N) is 3. The zero-order chi connectivity index (χ0) is 17.4. The monoisotopic (exact) mass is 348 g/mol. The first-order valence-corrected chi connectivity index (χ1v) is 9.64. The number of pyridine rings is 1. The SMILES string of the molecule is CC1(c2[nH]ncc2S(C)(=O)=O)CCN(C(=O)c2cccnc2)CC1. The number of sulfone groups is 1. The van der Waals surface area contributed by atoms with E-state index in [2.05, 4.69) is 15.2 Å².